The Morgan fingerprint density at radius 3 is 2.48 bits per heavy atom. The van der Waals surface area contributed by atoms with Crippen LogP contribution in [-0.2, 0) is 11.2 Å². The zero-order valence-corrected chi connectivity index (χ0v) is 16.4. The molecular formula is C20H23N3O6. The molecule has 0 aliphatic carbocycles. The molecule has 0 fully saturated rings. The van der Waals surface area contributed by atoms with Crippen LogP contribution >= 0.6 is 0 Å². The fourth-order valence-electron chi connectivity index (χ4n) is 2.63. The van der Waals surface area contributed by atoms with E-state index in [1.807, 2.05) is 12.1 Å². The highest BCUT2D eigenvalue weighted by atomic mass is 16.6. The molecule has 0 bridgehead atoms. The van der Waals surface area contributed by atoms with Crippen LogP contribution in [0, 0.1) is 10.1 Å². The molecule has 154 valence electrons. The number of nitro groups is 1. The van der Waals surface area contributed by atoms with Crippen LogP contribution in [0.3, 0.4) is 0 Å². The molecule has 2 N–H and O–H groups in total. The predicted octanol–water partition coefficient (Wildman–Crippen LogP) is 2.09. The van der Waals surface area contributed by atoms with Crippen LogP contribution < -0.4 is 20.1 Å². The number of nitrogens with zero attached hydrogens (tertiary/aromatic N) is 1. The number of ether oxygens (including phenoxy) is 2. The first kappa shape index (κ1) is 21.7. The Hall–Kier alpha value is -3.62. The zero-order chi connectivity index (χ0) is 21.4. The van der Waals surface area contributed by atoms with Crippen molar-refractivity contribution in [1.29, 1.82) is 0 Å². The maximum Gasteiger partial charge on any atom is 0.270 e. The summed E-state index contributed by atoms with van der Waals surface area (Å²) < 4.78 is 10.4. The number of amides is 2. The molecule has 2 aromatic rings. The molecule has 9 nitrogen and oxygen atoms in total. The van der Waals surface area contributed by atoms with Gasteiger partial charge in [0.25, 0.3) is 11.6 Å². The minimum absolute atomic E-state index is 0.115. The van der Waals surface area contributed by atoms with Gasteiger partial charge in [-0.1, -0.05) is 12.1 Å². The SMILES string of the molecule is COc1ccc(CCNC(=O)[C@H](C)NC(=O)c2cccc([N+](=O)[O-])c2)cc1OC. The molecule has 0 saturated carbocycles. The van der Waals surface area contributed by atoms with Gasteiger partial charge in [-0.25, -0.2) is 0 Å². The highest BCUT2D eigenvalue weighted by Crippen LogP contribution is 2.27. The fourth-order valence-corrected chi connectivity index (χ4v) is 2.63. The number of hydrogen-bond acceptors (Lipinski definition) is 6. The van der Waals surface area contributed by atoms with E-state index in [9.17, 15) is 19.7 Å². The third kappa shape index (κ3) is 5.93. The largest absolute Gasteiger partial charge is 0.493 e. The van der Waals surface area contributed by atoms with Crippen molar-refractivity contribution in [1.82, 2.24) is 10.6 Å². The molecule has 29 heavy (non-hydrogen) atoms. The lowest BCUT2D eigenvalue weighted by Gasteiger charge is -2.14. The van der Waals surface area contributed by atoms with Crippen molar-refractivity contribution in [2.75, 3.05) is 20.8 Å². The summed E-state index contributed by atoms with van der Waals surface area (Å²) in [7, 11) is 3.11. The van der Waals surface area contributed by atoms with Crippen LogP contribution in [-0.4, -0.2) is 43.5 Å². The van der Waals surface area contributed by atoms with Gasteiger partial charge in [-0.3, -0.25) is 19.7 Å². The quantitative estimate of drug-likeness (QED) is 0.490. The van der Waals surface area contributed by atoms with Crippen LogP contribution in [0.1, 0.15) is 22.8 Å². The molecule has 0 spiro atoms. The number of benzene rings is 2. The maximum absolute atomic E-state index is 12.2. The smallest absolute Gasteiger partial charge is 0.270 e. The molecule has 0 saturated heterocycles. The molecule has 0 aliphatic heterocycles. The number of nitrogens with one attached hydrogen (secondary N) is 2. The predicted molar refractivity (Wildman–Crippen MR) is 106 cm³/mol. The summed E-state index contributed by atoms with van der Waals surface area (Å²) in [4.78, 5) is 34.7. The molecule has 1 atom stereocenters. The van der Waals surface area contributed by atoms with Crippen LogP contribution in [0.25, 0.3) is 0 Å². The summed E-state index contributed by atoms with van der Waals surface area (Å²) in [6.07, 6.45) is 0.567. The average Bonchev–Trinajstić information content (AvgIpc) is 2.73. The standard InChI is InChI=1S/C20H23N3O6/c1-13(22-20(25)15-5-4-6-16(12-15)23(26)27)19(24)21-10-9-14-7-8-17(28-2)18(11-14)29-3/h4-8,11-13H,9-10H2,1-3H3,(H,21,24)(H,22,25)/t13-/m0/s1. The summed E-state index contributed by atoms with van der Waals surface area (Å²) in [6, 6.07) is 10.0. The van der Waals surface area contributed by atoms with E-state index in [0.29, 0.717) is 24.5 Å². The Balaban J connectivity index is 1.87. The van der Waals surface area contributed by atoms with E-state index in [2.05, 4.69) is 10.6 Å². The summed E-state index contributed by atoms with van der Waals surface area (Å²) >= 11 is 0. The van der Waals surface area contributed by atoms with Crippen LogP contribution in [0.5, 0.6) is 11.5 Å². The van der Waals surface area contributed by atoms with Crippen molar-refractivity contribution in [3.05, 3.63) is 63.7 Å². The second kappa shape index (κ2) is 10.1. The third-order valence-electron chi connectivity index (χ3n) is 4.22. The monoisotopic (exact) mass is 401 g/mol. The number of methoxy groups -OCH3 is 2. The molecule has 2 rings (SSSR count). The molecule has 0 aromatic heterocycles. The van der Waals surface area contributed by atoms with Crippen molar-refractivity contribution in [3.63, 3.8) is 0 Å². The van der Waals surface area contributed by atoms with Gasteiger partial charge in [0, 0.05) is 24.2 Å². The fraction of sp³-hybridized carbons (Fsp3) is 0.300. The van der Waals surface area contributed by atoms with Crippen LogP contribution in [0.15, 0.2) is 42.5 Å². The first-order valence-electron chi connectivity index (χ1n) is 8.89. The van der Waals surface area contributed by atoms with E-state index in [1.54, 1.807) is 27.2 Å². The summed E-state index contributed by atoms with van der Waals surface area (Å²) in [5.41, 5.74) is 0.880. The lowest BCUT2D eigenvalue weighted by molar-refractivity contribution is -0.384. The van der Waals surface area contributed by atoms with Crippen molar-refractivity contribution in [2.45, 2.75) is 19.4 Å². The van der Waals surface area contributed by atoms with E-state index in [1.165, 1.54) is 18.2 Å². The second-order valence-corrected chi connectivity index (χ2v) is 6.23. The Bertz CT molecular complexity index is 900. The van der Waals surface area contributed by atoms with Crippen LogP contribution in [0.2, 0.25) is 0 Å². The Kier molecular flexibility index (Phi) is 7.53. The van der Waals surface area contributed by atoms with E-state index < -0.39 is 16.9 Å². The van der Waals surface area contributed by atoms with Crippen molar-refractivity contribution < 1.29 is 24.0 Å². The Morgan fingerprint density at radius 1 is 1.10 bits per heavy atom. The number of rotatable bonds is 9. The molecule has 9 heteroatoms. The van der Waals surface area contributed by atoms with Gasteiger partial charge in [-0.05, 0) is 37.1 Å². The average molecular weight is 401 g/mol. The van der Waals surface area contributed by atoms with Crippen LogP contribution in [0.4, 0.5) is 5.69 Å². The molecule has 0 radical (unpaired) electrons. The topological polar surface area (TPSA) is 120 Å². The zero-order valence-electron chi connectivity index (χ0n) is 16.4. The highest BCUT2D eigenvalue weighted by molar-refractivity contribution is 5.97. The van der Waals surface area contributed by atoms with Gasteiger partial charge in [0.2, 0.25) is 5.91 Å². The van der Waals surface area contributed by atoms with Gasteiger partial charge >= 0.3 is 0 Å². The summed E-state index contributed by atoms with van der Waals surface area (Å²) in [6.45, 7) is 1.91. The lowest BCUT2D eigenvalue weighted by atomic mass is 10.1. The van der Waals surface area contributed by atoms with Gasteiger partial charge in [-0.2, -0.15) is 0 Å². The number of non-ortho nitro benzene ring substituents is 1. The third-order valence-corrected chi connectivity index (χ3v) is 4.22. The van der Waals surface area contributed by atoms with Crippen molar-refractivity contribution >= 4 is 17.5 Å². The maximum atomic E-state index is 12.2. The first-order valence-corrected chi connectivity index (χ1v) is 8.89. The minimum atomic E-state index is -0.799. The number of hydrogen-bond donors (Lipinski definition) is 2. The van der Waals surface area contributed by atoms with E-state index in [-0.39, 0.29) is 17.2 Å². The number of nitro benzene ring substituents is 1. The molecular weight excluding hydrogens is 378 g/mol. The Morgan fingerprint density at radius 2 is 1.83 bits per heavy atom. The Labute approximate surface area is 168 Å². The van der Waals surface area contributed by atoms with Gasteiger partial charge < -0.3 is 20.1 Å². The first-order chi connectivity index (χ1) is 13.8. The van der Waals surface area contributed by atoms with Gasteiger partial charge in [-0.15, -0.1) is 0 Å². The summed E-state index contributed by atoms with van der Waals surface area (Å²) in [5, 5.41) is 16.1. The molecule has 2 aromatic carbocycles. The molecule has 0 unspecified atom stereocenters. The summed E-state index contributed by atoms with van der Waals surface area (Å²) in [5.74, 6) is 0.312. The van der Waals surface area contributed by atoms with E-state index in [0.717, 1.165) is 11.6 Å². The normalized spacial score (nSPS) is 11.3. The second-order valence-electron chi connectivity index (χ2n) is 6.23. The highest BCUT2D eigenvalue weighted by Gasteiger charge is 2.18. The number of carbonyl (C=O) groups is 2. The van der Waals surface area contributed by atoms with Crippen molar-refractivity contribution in [2.24, 2.45) is 0 Å². The number of carbonyl (C=O) groups excluding carboxylic acids is 2. The van der Waals surface area contributed by atoms with E-state index >= 15 is 0 Å². The molecule has 2 amide bonds. The van der Waals surface area contributed by atoms with Crippen molar-refractivity contribution in [3.8, 4) is 11.5 Å². The van der Waals surface area contributed by atoms with E-state index in [4.69, 9.17) is 9.47 Å². The van der Waals surface area contributed by atoms with Gasteiger partial charge in [0.15, 0.2) is 11.5 Å². The molecule has 0 aliphatic rings. The van der Waals surface area contributed by atoms with Gasteiger partial charge in [0.05, 0.1) is 19.1 Å². The van der Waals surface area contributed by atoms with Gasteiger partial charge in [0.1, 0.15) is 6.04 Å². The lowest BCUT2D eigenvalue weighted by Crippen LogP contribution is -2.45. The minimum Gasteiger partial charge on any atom is -0.493 e. The molecule has 0 heterocycles.